The molecule has 3 saturated heterocycles. The number of carbonyl (C=O) groups excluding carboxylic acids is 2. The summed E-state index contributed by atoms with van der Waals surface area (Å²) in [4.78, 5) is 31.3. The van der Waals surface area contributed by atoms with Gasteiger partial charge in [0.25, 0.3) is 0 Å². The normalized spacial score (nSPS) is 41.8. The number of carbonyl (C=O) groups is 2. The van der Waals surface area contributed by atoms with E-state index in [9.17, 15) is 4.79 Å². The Morgan fingerprint density at radius 3 is 2.20 bits per heavy atom. The van der Waals surface area contributed by atoms with Gasteiger partial charge < -0.3 is 42.8 Å². The molecule has 11 nitrogen and oxygen atoms in total. The molecule has 6 aliphatic rings. The highest BCUT2D eigenvalue weighted by Crippen LogP contribution is 2.58. The second-order valence-corrected chi connectivity index (χ2v) is 18.6. The topological polar surface area (TPSA) is 111 Å². The maximum atomic E-state index is 15.1. The number of benzene rings is 1. The first-order valence-electron chi connectivity index (χ1n) is 22.1. The summed E-state index contributed by atoms with van der Waals surface area (Å²) in [5.41, 5.74) is 2.91. The standard InChI is InChI=1S/C47H68ClNO10/c1-10-31-12-11-13-39(59-41-19-18-38(49(5)6)26(3)55-41)25(2)43(51)37-23-35-33-22-32(58-47-46(54-9)45(53-8)44(52-7)27(4)56-47)20-29(33)21-34(28-14-16-30(48)17-15-28)42(35)36(37)24-40(50)57-31/h14-17,21,23,25-27,29,31-33,35-36,38-39,41-42,44-47H,10-13,18-20,22,24H2,1-9H3/t25-,26?,27?,29?,31+,32-,33-,35+,36-,38+,39+,41+,42?,44+,45?,46+,47+/m1/s1. The third-order valence-electron chi connectivity index (χ3n) is 14.5. The van der Waals surface area contributed by atoms with Crippen LogP contribution in [0.15, 0.2) is 42.0 Å². The summed E-state index contributed by atoms with van der Waals surface area (Å²) in [5, 5.41) is 0.655. The van der Waals surface area contributed by atoms with Gasteiger partial charge in [-0.15, -0.1) is 0 Å². The van der Waals surface area contributed by atoms with Crippen LogP contribution < -0.4 is 0 Å². The van der Waals surface area contributed by atoms with Crippen LogP contribution in [-0.2, 0) is 47.5 Å². The molecule has 3 aliphatic heterocycles. The maximum Gasteiger partial charge on any atom is 0.306 e. The lowest BCUT2D eigenvalue weighted by molar-refractivity contribution is -0.314. The molecule has 3 heterocycles. The molecular formula is C47H68ClNO10. The van der Waals surface area contributed by atoms with E-state index in [0.29, 0.717) is 17.5 Å². The van der Waals surface area contributed by atoms with E-state index in [1.165, 1.54) is 0 Å². The summed E-state index contributed by atoms with van der Waals surface area (Å²) in [6, 6.07) is 8.27. The van der Waals surface area contributed by atoms with Crippen LogP contribution in [0, 0.1) is 35.5 Å². The Morgan fingerprint density at radius 1 is 0.814 bits per heavy atom. The summed E-state index contributed by atoms with van der Waals surface area (Å²) in [6.07, 6.45) is 7.86. The lowest BCUT2D eigenvalue weighted by Crippen LogP contribution is -2.59. The van der Waals surface area contributed by atoms with Crippen LogP contribution in [0.5, 0.6) is 0 Å². The number of halogens is 1. The number of ketones is 1. The van der Waals surface area contributed by atoms with Gasteiger partial charge in [0.15, 0.2) is 18.4 Å². The van der Waals surface area contributed by atoms with Crippen LogP contribution in [0.4, 0.5) is 0 Å². The summed E-state index contributed by atoms with van der Waals surface area (Å²) >= 11 is 6.43. The molecule has 5 unspecified atom stereocenters. The van der Waals surface area contributed by atoms with Crippen molar-refractivity contribution in [3.8, 4) is 0 Å². The highest BCUT2D eigenvalue weighted by atomic mass is 35.5. The van der Waals surface area contributed by atoms with Gasteiger partial charge in [-0.1, -0.05) is 49.7 Å². The van der Waals surface area contributed by atoms with Gasteiger partial charge in [0.2, 0.25) is 0 Å². The van der Waals surface area contributed by atoms with Crippen molar-refractivity contribution in [1.82, 2.24) is 4.90 Å². The molecule has 1 aromatic carbocycles. The number of cyclic esters (lactones) is 1. The number of allylic oxidation sites excluding steroid dienone is 4. The summed E-state index contributed by atoms with van der Waals surface area (Å²) in [5.74, 6) is -0.737. The number of hydrogen-bond acceptors (Lipinski definition) is 11. The van der Waals surface area contributed by atoms with Gasteiger partial charge in [0, 0.05) is 44.2 Å². The molecule has 0 radical (unpaired) electrons. The molecule has 4 fully saturated rings. The van der Waals surface area contributed by atoms with Crippen LogP contribution in [0.1, 0.15) is 91.0 Å². The molecule has 7 rings (SSSR count). The molecule has 1 aromatic rings. The average Bonchev–Trinajstić information content (AvgIpc) is 3.79. The van der Waals surface area contributed by atoms with Crippen molar-refractivity contribution in [2.24, 2.45) is 35.5 Å². The number of methoxy groups -OCH3 is 3. The molecule has 17 atom stereocenters. The third kappa shape index (κ3) is 9.44. The predicted octanol–water partition coefficient (Wildman–Crippen LogP) is 7.67. The van der Waals surface area contributed by atoms with Gasteiger partial charge in [-0.2, -0.15) is 0 Å². The number of ether oxygens (including phenoxy) is 8. The summed E-state index contributed by atoms with van der Waals surface area (Å²) in [7, 11) is 9.14. The van der Waals surface area contributed by atoms with E-state index in [2.05, 4.69) is 57.1 Å². The van der Waals surface area contributed by atoms with Crippen LogP contribution in [0.25, 0.3) is 5.57 Å². The van der Waals surface area contributed by atoms with Crippen molar-refractivity contribution in [3.63, 3.8) is 0 Å². The molecule has 328 valence electrons. The molecular weight excluding hydrogens is 774 g/mol. The van der Waals surface area contributed by atoms with Crippen LogP contribution in [0.3, 0.4) is 0 Å². The quantitative estimate of drug-likeness (QED) is 0.217. The molecule has 59 heavy (non-hydrogen) atoms. The van der Waals surface area contributed by atoms with Crippen molar-refractivity contribution in [2.75, 3.05) is 35.4 Å². The SMILES string of the molecule is CC[C@H]1CCC[C@H](O[C@H]2CC[C@H](N(C)C)C(C)O2)[C@@H](C)C(=O)C2=C[C@@H]3C(C(c4ccc(Cl)cc4)=CC4C[C@@H](O[C@@H]5OC(C)[C@H](OC)C(OC)[C@@H]5OC)C[C@H]43)[C@@H]2CC(=O)O1. The fourth-order valence-electron chi connectivity index (χ4n) is 11.5. The van der Waals surface area contributed by atoms with E-state index in [1.54, 1.807) is 21.3 Å². The van der Waals surface area contributed by atoms with Gasteiger partial charge >= 0.3 is 5.97 Å². The zero-order valence-electron chi connectivity index (χ0n) is 36.6. The average molecular weight is 843 g/mol. The zero-order valence-corrected chi connectivity index (χ0v) is 37.3. The fourth-order valence-corrected chi connectivity index (χ4v) is 11.6. The van der Waals surface area contributed by atoms with Crippen LogP contribution >= 0.6 is 11.6 Å². The Labute approximate surface area is 356 Å². The van der Waals surface area contributed by atoms with E-state index in [4.69, 9.17) is 49.5 Å². The Hall–Kier alpha value is -2.19. The van der Waals surface area contributed by atoms with E-state index in [1.807, 2.05) is 26.0 Å². The number of esters is 1. The molecule has 0 spiro atoms. The van der Waals surface area contributed by atoms with Crippen LogP contribution in [-0.4, -0.2) is 120 Å². The molecule has 12 heteroatoms. The molecule has 0 aromatic heterocycles. The van der Waals surface area contributed by atoms with Crippen LogP contribution in [0.2, 0.25) is 5.02 Å². The molecule has 3 aliphatic carbocycles. The molecule has 0 amide bonds. The maximum absolute atomic E-state index is 15.1. The minimum atomic E-state index is -0.644. The van der Waals surface area contributed by atoms with E-state index in [-0.39, 0.29) is 96.8 Å². The van der Waals surface area contributed by atoms with Crippen molar-refractivity contribution in [2.45, 2.75) is 153 Å². The van der Waals surface area contributed by atoms with Gasteiger partial charge in [-0.25, -0.2) is 0 Å². The number of nitrogens with zero attached hydrogens (tertiary/aromatic N) is 1. The van der Waals surface area contributed by atoms with E-state index >= 15 is 4.79 Å². The minimum absolute atomic E-state index is 0.000735. The van der Waals surface area contributed by atoms with Gasteiger partial charge in [0.05, 0.1) is 30.8 Å². The van der Waals surface area contributed by atoms with Crippen molar-refractivity contribution in [3.05, 3.63) is 52.6 Å². The van der Waals surface area contributed by atoms with Gasteiger partial charge in [0.1, 0.15) is 24.4 Å². The fraction of sp³-hybridized carbons (Fsp3) is 0.745. The van der Waals surface area contributed by atoms with E-state index in [0.717, 1.165) is 61.7 Å². The van der Waals surface area contributed by atoms with Gasteiger partial charge in [-0.3, -0.25) is 9.59 Å². The number of fused-ring (bicyclic) bond motifs is 5. The Kier molecular flexibility index (Phi) is 14.8. The predicted molar refractivity (Wildman–Crippen MR) is 225 cm³/mol. The lowest BCUT2D eigenvalue weighted by Gasteiger charge is -2.44. The number of hydrogen-bond donors (Lipinski definition) is 0. The smallest absolute Gasteiger partial charge is 0.306 e. The first kappa shape index (κ1) is 44.9. The Balaban J connectivity index is 1.21. The second-order valence-electron chi connectivity index (χ2n) is 18.2. The van der Waals surface area contributed by atoms with Crippen molar-refractivity contribution in [1.29, 1.82) is 0 Å². The highest BCUT2D eigenvalue weighted by Gasteiger charge is 2.54. The first-order chi connectivity index (χ1) is 28.3. The van der Waals surface area contributed by atoms with Gasteiger partial charge in [-0.05, 0) is 132 Å². The van der Waals surface area contributed by atoms with Crippen molar-refractivity contribution >= 4 is 28.9 Å². The zero-order chi connectivity index (χ0) is 42.1. The third-order valence-corrected chi connectivity index (χ3v) is 14.8. The second kappa shape index (κ2) is 19.5. The largest absolute Gasteiger partial charge is 0.462 e. The molecule has 1 saturated carbocycles. The van der Waals surface area contributed by atoms with E-state index < -0.39 is 18.3 Å². The molecule has 0 N–H and O–H groups in total. The summed E-state index contributed by atoms with van der Waals surface area (Å²) < 4.78 is 50.3. The first-order valence-corrected chi connectivity index (χ1v) is 22.5. The summed E-state index contributed by atoms with van der Waals surface area (Å²) in [6.45, 7) is 8.16. The highest BCUT2D eigenvalue weighted by molar-refractivity contribution is 6.30. The minimum Gasteiger partial charge on any atom is -0.462 e. The Morgan fingerprint density at radius 2 is 1.54 bits per heavy atom. The number of rotatable bonds is 10. The number of Topliss-reactive ketones (excluding diaryl/α,β-unsaturated/α-hetero) is 1. The lowest BCUT2D eigenvalue weighted by atomic mass is 9.65. The number of likely N-dealkylation sites (N-methyl/N-ethyl adjacent to an activating group) is 1. The Bertz CT molecular complexity index is 1670. The molecule has 0 bridgehead atoms. The van der Waals surface area contributed by atoms with Crippen molar-refractivity contribution < 1.29 is 47.5 Å². The monoisotopic (exact) mass is 841 g/mol.